The Morgan fingerprint density at radius 2 is 1.50 bits per heavy atom. The average molecular weight is 475 g/mol. The van der Waals surface area contributed by atoms with Crippen LogP contribution in [0.3, 0.4) is 0 Å². The van der Waals surface area contributed by atoms with E-state index in [0.717, 1.165) is 0 Å². The number of benzene rings is 2. The molecular formula is C22H20Cl2N4O4. The van der Waals surface area contributed by atoms with Gasteiger partial charge in [-0.15, -0.1) is 0 Å². The Hall–Kier alpha value is -3.10. The zero-order valence-electron chi connectivity index (χ0n) is 17.3. The van der Waals surface area contributed by atoms with Gasteiger partial charge in [0.25, 0.3) is 11.8 Å². The fourth-order valence-electron chi connectivity index (χ4n) is 3.40. The normalized spacial score (nSPS) is 13.8. The summed E-state index contributed by atoms with van der Waals surface area (Å²) in [5.74, 6) is 1.28. The number of amides is 2. The number of halogens is 2. The van der Waals surface area contributed by atoms with E-state index in [1.165, 1.54) is 0 Å². The van der Waals surface area contributed by atoms with Crippen molar-refractivity contribution in [2.75, 3.05) is 26.2 Å². The lowest BCUT2D eigenvalue weighted by Crippen LogP contribution is -2.50. The fourth-order valence-corrected chi connectivity index (χ4v) is 3.92. The van der Waals surface area contributed by atoms with Crippen LogP contribution in [0.15, 0.2) is 47.0 Å². The van der Waals surface area contributed by atoms with Crippen LogP contribution in [0, 0.1) is 6.92 Å². The monoisotopic (exact) mass is 474 g/mol. The number of rotatable bonds is 5. The number of carbonyl (C=O) groups is 2. The third-order valence-electron chi connectivity index (χ3n) is 5.00. The number of hydrogen-bond donors (Lipinski definition) is 0. The van der Waals surface area contributed by atoms with Crippen LogP contribution < -0.4 is 4.74 Å². The molecule has 1 aromatic heterocycles. The van der Waals surface area contributed by atoms with Crippen LogP contribution in [0.4, 0.5) is 0 Å². The van der Waals surface area contributed by atoms with E-state index in [-0.39, 0.29) is 18.4 Å². The van der Waals surface area contributed by atoms with Gasteiger partial charge in [-0.25, -0.2) is 0 Å². The summed E-state index contributed by atoms with van der Waals surface area (Å²) in [6, 6.07) is 11.6. The second-order valence-electron chi connectivity index (χ2n) is 7.29. The summed E-state index contributed by atoms with van der Waals surface area (Å²) in [6.07, 6.45) is 0. The predicted molar refractivity (Wildman–Crippen MR) is 118 cm³/mol. The summed E-state index contributed by atoms with van der Waals surface area (Å²) in [6.45, 7) is 3.63. The summed E-state index contributed by atoms with van der Waals surface area (Å²) in [5.41, 5.74) is 0.989. The number of piperazine rings is 1. The second-order valence-corrected chi connectivity index (χ2v) is 8.16. The number of ether oxygens (including phenoxy) is 1. The minimum Gasteiger partial charge on any atom is -0.485 e. The first kappa shape index (κ1) is 22.1. The molecule has 3 aromatic rings. The molecule has 1 fully saturated rings. The molecule has 0 saturated carbocycles. The highest BCUT2D eigenvalue weighted by molar-refractivity contribution is 6.35. The second kappa shape index (κ2) is 9.58. The van der Waals surface area contributed by atoms with Crippen LogP contribution >= 0.6 is 23.2 Å². The lowest BCUT2D eigenvalue weighted by atomic mass is 10.1. The van der Waals surface area contributed by atoms with Gasteiger partial charge in [-0.1, -0.05) is 28.4 Å². The Labute approximate surface area is 194 Å². The van der Waals surface area contributed by atoms with Crippen molar-refractivity contribution in [1.82, 2.24) is 19.9 Å². The number of nitrogens with zero attached hydrogens (tertiary/aromatic N) is 4. The molecule has 0 spiro atoms. The van der Waals surface area contributed by atoms with Crippen molar-refractivity contribution >= 4 is 35.0 Å². The van der Waals surface area contributed by atoms with Gasteiger partial charge in [0.15, 0.2) is 6.61 Å². The topological polar surface area (TPSA) is 88.8 Å². The summed E-state index contributed by atoms with van der Waals surface area (Å²) in [7, 11) is 0. The number of aromatic nitrogens is 2. The minimum absolute atomic E-state index is 0.0942. The summed E-state index contributed by atoms with van der Waals surface area (Å²) in [4.78, 5) is 33.1. The zero-order chi connectivity index (χ0) is 22.7. The molecule has 2 heterocycles. The molecule has 1 saturated heterocycles. The molecule has 0 radical (unpaired) electrons. The average Bonchev–Trinajstić information content (AvgIpc) is 3.21. The highest BCUT2D eigenvalue weighted by atomic mass is 35.5. The molecule has 2 aromatic carbocycles. The first-order valence-electron chi connectivity index (χ1n) is 9.96. The van der Waals surface area contributed by atoms with Gasteiger partial charge in [-0.2, -0.15) is 4.98 Å². The number of aryl methyl sites for hydroxylation is 1. The molecule has 1 aliphatic rings. The van der Waals surface area contributed by atoms with Crippen molar-refractivity contribution in [1.29, 1.82) is 0 Å². The van der Waals surface area contributed by atoms with Gasteiger partial charge in [0.05, 0.1) is 0 Å². The highest BCUT2D eigenvalue weighted by Gasteiger charge is 2.26. The molecule has 32 heavy (non-hydrogen) atoms. The third kappa shape index (κ3) is 5.20. The van der Waals surface area contributed by atoms with Crippen LogP contribution in [0.2, 0.25) is 10.0 Å². The van der Waals surface area contributed by atoms with Crippen LogP contribution in [-0.4, -0.2) is 57.9 Å². The van der Waals surface area contributed by atoms with Gasteiger partial charge in [-0.3, -0.25) is 9.59 Å². The Bertz CT molecular complexity index is 1100. The molecule has 166 valence electrons. The highest BCUT2D eigenvalue weighted by Crippen LogP contribution is 2.21. The molecule has 10 heteroatoms. The van der Waals surface area contributed by atoms with E-state index in [9.17, 15) is 9.59 Å². The van der Waals surface area contributed by atoms with Gasteiger partial charge < -0.3 is 19.1 Å². The van der Waals surface area contributed by atoms with Crippen LogP contribution in [0.25, 0.3) is 0 Å². The summed E-state index contributed by atoms with van der Waals surface area (Å²) in [5, 5.41) is 4.59. The van der Waals surface area contributed by atoms with Crippen LogP contribution in [-0.2, 0) is 6.61 Å². The third-order valence-corrected chi connectivity index (χ3v) is 5.44. The first-order chi connectivity index (χ1) is 15.4. The largest absolute Gasteiger partial charge is 0.485 e. The quantitative estimate of drug-likeness (QED) is 0.557. The van der Waals surface area contributed by atoms with E-state index in [0.29, 0.717) is 64.8 Å². The Kier molecular flexibility index (Phi) is 6.62. The maximum Gasteiger partial charge on any atom is 0.254 e. The molecule has 0 N–H and O–H groups in total. The maximum absolute atomic E-state index is 12.8. The molecule has 8 nitrogen and oxygen atoms in total. The van der Waals surface area contributed by atoms with E-state index in [4.69, 9.17) is 32.5 Å². The van der Waals surface area contributed by atoms with Gasteiger partial charge in [-0.05, 0) is 42.5 Å². The lowest BCUT2D eigenvalue weighted by molar-refractivity contribution is 0.0535. The maximum atomic E-state index is 12.8. The molecule has 0 atom stereocenters. The van der Waals surface area contributed by atoms with Crippen molar-refractivity contribution < 1.29 is 18.8 Å². The van der Waals surface area contributed by atoms with Crippen LogP contribution in [0.5, 0.6) is 5.75 Å². The Balaban J connectivity index is 1.31. The van der Waals surface area contributed by atoms with Crippen molar-refractivity contribution in [3.8, 4) is 5.75 Å². The number of carbonyl (C=O) groups excluding carboxylic acids is 2. The van der Waals surface area contributed by atoms with Crippen molar-refractivity contribution in [2.24, 2.45) is 0 Å². The molecule has 0 aliphatic carbocycles. The molecule has 2 amide bonds. The van der Waals surface area contributed by atoms with E-state index >= 15 is 0 Å². The fraction of sp³-hybridized carbons (Fsp3) is 0.273. The van der Waals surface area contributed by atoms with E-state index in [1.54, 1.807) is 59.2 Å². The van der Waals surface area contributed by atoms with Gasteiger partial charge >= 0.3 is 0 Å². The minimum atomic E-state index is -0.153. The first-order valence-corrected chi connectivity index (χ1v) is 10.7. The molecular weight excluding hydrogens is 455 g/mol. The van der Waals surface area contributed by atoms with E-state index in [1.807, 2.05) is 0 Å². The molecule has 0 bridgehead atoms. The van der Waals surface area contributed by atoms with E-state index in [2.05, 4.69) is 10.1 Å². The molecule has 0 unspecified atom stereocenters. The number of hydrogen-bond acceptors (Lipinski definition) is 6. The standard InChI is InChI=1S/C22H20Cl2N4O4/c1-14-25-20(26-32-14)13-31-19-4-2-15(3-5-19)21(29)27-6-8-28(9-7-27)22(30)16-10-17(23)12-18(24)11-16/h2-5,10-12H,6-9,13H2,1H3. The van der Waals surface area contributed by atoms with Gasteiger partial charge in [0.2, 0.25) is 11.7 Å². The van der Waals surface area contributed by atoms with Crippen LogP contribution in [0.1, 0.15) is 32.4 Å². The van der Waals surface area contributed by atoms with Gasteiger partial charge in [0.1, 0.15) is 5.75 Å². The van der Waals surface area contributed by atoms with Crippen molar-refractivity contribution in [3.05, 3.63) is 75.4 Å². The SMILES string of the molecule is Cc1nc(COc2ccc(C(=O)N3CCN(C(=O)c4cc(Cl)cc(Cl)c4)CC3)cc2)no1. The van der Waals surface area contributed by atoms with Crippen molar-refractivity contribution in [2.45, 2.75) is 13.5 Å². The Morgan fingerprint density at radius 3 is 2.03 bits per heavy atom. The van der Waals surface area contributed by atoms with Crippen molar-refractivity contribution in [3.63, 3.8) is 0 Å². The Morgan fingerprint density at radius 1 is 0.938 bits per heavy atom. The summed E-state index contributed by atoms with van der Waals surface area (Å²) < 4.78 is 10.5. The predicted octanol–water partition coefficient (Wildman–Crippen LogP) is 3.86. The van der Waals surface area contributed by atoms with E-state index < -0.39 is 0 Å². The lowest BCUT2D eigenvalue weighted by Gasteiger charge is -2.35. The molecule has 1 aliphatic heterocycles. The molecule has 4 rings (SSSR count). The zero-order valence-corrected chi connectivity index (χ0v) is 18.8. The summed E-state index contributed by atoms with van der Waals surface area (Å²) >= 11 is 12.0. The van der Waals surface area contributed by atoms with Gasteiger partial charge in [0, 0.05) is 54.3 Å². The smallest absolute Gasteiger partial charge is 0.254 e.